The molecule has 1 heterocycles. The molecule has 1 aromatic carbocycles. The molecule has 2 N–H and O–H groups in total. The molecule has 8 heteroatoms. The van der Waals surface area contributed by atoms with Crippen LogP contribution in [0, 0.1) is 11.2 Å². The van der Waals surface area contributed by atoms with E-state index in [2.05, 4.69) is 5.10 Å². The number of halogens is 1. The molecule has 0 amide bonds. The zero-order valence-electron chi connectivity index (χ0n) is 13.4. The van der Waals surface area contributed by atoms with Gasteiger partial charge in [0.1, 0.15) is 16.4 Å². The molecule has 0 unspecified atom stereocenters. The maximum atomic E-state index is 13.8. The molecular weight excluding hydrogens is 319 g/mol. The summed E-state index contributed by atoms with van der Waals surface area (Å²) in [6, 6.07) is 6.04. The Morgan fingerprint density at radius 3 is 2.61 bits per heavy atom. The molecule has 0 spiro atoms. The molecule has 0 fully saturated rings. The van der Waals surface area contributed by atoms with Crippen molar-refractivity contribution in [2.24, 2.45) is 11.1 Å². The van der Waals surface area contributed by atoms with Crippen LogP contribution in [0.2, 0.25) is 0 Å². The van der Waals surface area contributed by atoms with Crippen molar-refractivity contribution in [3.8, 4) is 5.69 Å². The Hall–Kier alpha value is -1.77. The van der Waals surface area contributed by atoms with Crippen LogP contribution in [0.5, 0.6) is 0 Å². The van der Waals surface area contributed by atoms with E-state index in [1.807, 2.05) is 13.8 Å². The molecule has 0 bridgehead atoms. The second-order valence-corrected chi connectivity index (χ2v) is 8.25. The molecule has 1 aromatic heterocycles. The minimum atomic E-state index is -3.71. The number of benzene rings is 1. The van der Waals surface area contributed by atoms with Crippen LogP contribution in [0.4, 0.5) is 4.39 Å². The van der Waals surface area contributed by atoms with E-state index in [4.69, 9.17) is 5.73 Å². The lowest BCUT2D eigenvalue weighted by molar-refractivity contribution is 0.292. The zero-order chi connectivity index (χ0) is 17.3. The van der Waals surface area contributed by atoms with Gasteiger partial charge in [0, 0.05) is 13.6 Å². The highest BCUT2D eigenvalue weighted by molar-refractivity contribution is 7.89. The molecule has 0 aliphatic carbocycles. The monoisotopic (exact) mass is 340 g/mol. The van der Waals surface area contributed by atoms with Gasteiger partial charge in [0.15, 0.2) is 0 Å². The lowest BCUT2D eigenvalue weighted by Gasteiger charge is -2.28. The van der Waals surface area contributed by atoms with E-state index in [-0.39, 0.29) is 22.5 Å². The first-order valence-electron chi connectivity index (χ1n) is 7.13. The Morgan fingerprint density at radius 1 is 1.35 bits per heavy atom. The van der Waals surface area contributed by atoms with Crippen LogP contribution in [0.3, 0.4) is 0 Å². The smallest absolute Gasteiger partial charge is 0.245 e. The number of nitrogens with two attached hydrogens (primary N) is 1. The molecule has 0 aliphatic heterocycles. The maximum Gasteiger partial charge on any atom is 0.245 e. The molecule has 6 nitrogen and oxygen atoms in total. The normalized spacial score (nSPS) is 12.8. The van der Waals surface area contributed by atoms with Crippen LogP contribution in [0.25, 0.3) is 5.69 Å². The van der Waals surface area contributed by atoms with E-state index < -0.39 is 15.8 Å². The summed E-state index contributed by atoms with van der Waals surface area (Å²) in [5.74, 6) is -0.475. The van der Waals surface area contributed by atoms with Gasteiger partial charge in [0.05, 0.1) is 12.4 Å². The van der Waals surface area contributed by atoms with Crippen molar-refractivity contribution in [2.45, 2.75) is 18.7 Å². The summed E-state index contributed by atoms with van der Waals surface area (Å²) in [6.45, 7) is 4.42. The van der Waals surface area contributed by atoms with Gasteiger partial charge in [-0.1, -0.05) is 26.0 Å². The summed E-state index contributed by atoms with van der Waals surface area (Å²) in [5.41, 5.74) is 5.50. The fourth-order valence-electron chi connectivity index (χ4n) is 2.14. The van der Waals surface area contributed by atoms with Crippen molar-refractivity contribution in [3.05, 3.63) is 42.5 Å². The number of para-hydroxylation sites is 1. The topological polar surface area (TPSA) is 81.2 Å². The van der Waals surface area contributed by atoms with Gasteiger partial charge in [-0.05, 0) is 24.1 Å². The first-order valence-corrected chi connectivity index (χ1v) is 8.57. The fraction of sp³-hybridized carbons (Fsp3) is 0.400. The highest BCUT2D eigenvalue weighted by atomic mass is 32.2. The van der Waals surface area contributed by atoms with Gasteiger partial charge in [0.2, 0.25) is 10.0 Å². The molecule has 2 aromatic rings. The van der Waals surface area contributed by atoms with Crippen molar-refractivity contribution in [1.29, 1.82) is 0 Å². The maximum absolute atomic E-state index is 13.8. The third kappa shape index (κ3) is 3.77. The quantitative estimate of drug-likeness (QED) is 0.866. The third-order valence-electron chi connectivity index (χ3n) is 3.57. The molecule has 2 rings (SSSR count). The average Bonchev–Trinajstić information content (AvgIpc) is 2.97. The van der Waals surface area contributed by atoms with Crippen LogP contribution < -0.4 is 5.73 Å². The Bertz CT molecular complexity index is 786. The Morgan fingerprint density at radius 2 is 2.00 bits per heavy atom. The molecule has 0 atom stereocenters. The van der Waals surface area contributed by atoms with Crippen LogP contribution in [-0.2, 0) is 10.0 Å². The number of aromatic nitrogens is 2. The third-order valence-corrected chi connectivity index (χ3v) is 5.33. The van der Waals surface area contributed by atoms with E-state index in [1.165, 1.54) is 40.6 Å². The predicted octanol–water partition coefficient (Wildman–Crippen LogP) is 1.62. The summed E-state index contributed by atoms with van der Waals surface area (Å²) in [6.07, 6.45) is 2.52. The van der Waals surface area contributed by atoms with E-state index in [0.29, 0.717) is 6.54 Å². The van der Waals surface area contributed by atoms with Gasteiger partial charge < -0.3 is 5.73 Å². The lowest BCUT2D eigenvalue weighted by atomic mass is 9.94. The van der Waals surface area contributed by atoms with Gasteiger partial charge in [-0.3, -0.25) is 0 Å². The standard InChI is InChI=1S/C15H21FN4O2S/c1-15(2,10-17)11-19(3)23(21,22)12-8-18-20(9-12)14-7-5-4-6-13(14)16/h4-9H,10-11,17H2,1-3H3. The Kier molecular flexibility index (Phi) is 4.88. The van der Waals surface area contributed by atoms with Gasteiger partial charge in [-0.15, -0.1) is 0 Å². The van der Waals surface area contributed by atoms with Crippen LogP contribution >= 0.6 is 0 Å². The summed E-state index contributed by atoms with van der Waals surface area (Å²) in [5, 5.41) is 3.96. The molecular formula is C15H21FN4O2S. The second-order valence-electron chi connectivity index (χ2n) is 6.20. The minimum absolute atomic E-state index is 0.0103. The summed E-state index contributed by atoms with van der Waals surface area (Å²) in [4.78, 5) is 0.0103. The molecule has 0 saturated carbocycles. The van der Waals surface area contributed by atoms with Crippen molar-refractivity contribution < 1.29 is 12.8 Å². The van der Waals surface area contributed by atoms with Gasteiger partial charge in [-0.2, -0.15) is 5.10 Å². The Labute approximate surface area is 135 Å². The average molecular weight is 340 g/mol. The molecule has 126 valence electrons. The van der Waals surface area contributed by atoms with Gasteiger partial charge in [0.25, 0.3) is 0 Å². The van der Waals surface area contributed by atoms with Crippen LogP contribution in [0.1, 0.15) is 13.8 Å². The summed E-state index contributed by atoms with van der Waals surface area (Å²) in [7, 11) is -2.22. The largest absolute Gasteiger partial charge is 0.330 e. The first-order chi connectivity index (χ1) is 10.7. The lowest BCUT2D eigenvalue weighted by Crippen LogP contribution is -2.39. The molecule has 0 radical (unpaired) electrons. The molecule has 0 saturated heterocycles. The molecule has 23 heavy (non-hydrogen) atoms. The van der Waals surface area contributed by atoms with Gasteiger partial charge in [-0.25, -0.2) is 21.8 Å². The van der Waals surface area contributed by atoms with Crippen molar-refractivity contribution in [1.82, 2.24) is 14.1 Å². The second kappa shape index (κ2) is 6.38. The van der Waals surface area contributed by atoms with E-state index in [1.54, 1.807) is 12.1 Å². The Balaban J connectivity index is 2.31. The van der Waals surface area contributed by atoms with E-state index in [9.17, 15) is 12.8 Å². The SMILES string of the molecule is CN(CC(C)(C)CN)S(=O)(=O)c1cnn(-c2ccccc2F)c1. The summed E-state index contributed by atoms with van der Waals surface area (Å²) >= 11 is 0. The van der Waals surface area contributed by atoms with Crippen LogP contribution in [-0.4, -0.2) is 42.6 Å². The number of hydrogen-bond acceptors (Lipinski definition) is 4. The van der Waals surface area contributed by atoms with Gasteiger partial charge >= 0.3 is 0 Å². The number of sulfonamides is 1. The van der Waals surface area contributed by atoms with E-state index in [0.717, 1.165) is 0 Å². The fourth-order valence-corrected chi connectivity index (χ4v) is 3.43. The number of rotatable bonds is 6. The van der Waals surface area contributed by atoms with Crippen molar-refractivity contribution in [3.63, 3.8) is 0 Å². The summed E-state index contributed by atoms with van der Waals surface area (Å²) < 4.78 is 41.4. The molecule has 0 aliphatic rings. The zero-order valence-corrected chi connectivity index (χ0v) is 14.2. The van der Waals surface area contributed by atoms with Crippen molar-refractivity contribution in [2.75, 3.05) is 20.1 Å². The number of nitrogens with zero attached hydrogens (tertiary/aromatic N) is 3. The van der Waals surface area contributed by atoms with E-state index >= 15 is 0 Å². The minimum Gasteiger partial charge on any atom is -0.330 e. The number of hydrogen-bond donors (Lipinski definition) is 1. The highest BCUT2D eigenvalue weighted by Crippen LogP contribution is 2.21. The van der Waals surface area contributed by atoms with Crippen LogP contribution in [0.15, 0.2) is 41.6 Å². The van der Waals surface area contributed by atoms with Crippen molar-refractivity contribution >= 4 is 10.0 Å². The first kappa shape index (κ1) is 17.6. The predicted molar refractivity (Wildman–Crippen MR) is 86.2 cm³/mol. The highest BCUT2D eigenvalue weighted by Gasteiger charge is 2.28.